The van der Waals surface area contributed by atoms with E-state index in [1.807, 2.05) is 0 Å². The first-order chi connectivity index (χ1) is 7.65. The summed E-state index contributed by atoms with van der Waals surface area (Å²) in [4.78, 5) is 10.1. The molecule has 0 fully saturated rings. The van der Waals surface area contributed by atoms with Gasteiger partial charge in [-0.1, -0.05) is 17.3 Å². The summed E-state index contributed by atoms with van der Waals surface area (Å²) in [6.45, 7) is 0.112. The number of nitro groups is 1. The molecule has 0 heterocycles. The van der Waals surface area contributed by atoms with E-state index in [2.05, 4.69) is 5.16 Å². The van der Waals surface area contributed by atoms with Crippen LogP contribution in [0.3, 0.4) is 0 Å². The number of hydrogen-bond donors (Lipinski definition) is 2. The Morgan fingerprint density at radius 3 is 2.88 bits per heavy atom. The second-order valence-corrected chi connectivity index (χ2v) is 2.91. The summed E-state index contributed by atoms with van der Waals surface area (Å²) >= 11 is 0. The van der Waals surface area contributed by atoms with Crippen molar-refractivity contribution in [3.05, 3.63) is 34.4 Å². The SMILES string of the molecule is N/C(CCOc1ccccc1[N+](=O)[O-])=N\O. The second-order valence-electron chi connectivity index (χ2n) is 2.91. The van der Waals surface area contributed by atoms with Crippen molar-refractivity contribution in [1.82, 2.24) is 0 Å². The Morgan fingerprint density at radius 2 is 2.25 bits per heavy atom. The van der Waals surface area contributed by atoms with Crippen LogP contribution in [0.25, 0.3) is 0 Å². The number of para-hydroxylation sites is 2. The highest BCUT2D eigenvalue weighted by molar-refractivity contribution is 5.79. The molecule has 1 rings (SSSR count). The summed E-state index contributed by atoms with van der Waals surface area (Å²) in [6, 6.07) is 6.02. The third-order valence-corrected chi connectivity index (χ3v) is 1.81. The number of amidine groups is 1. The van der Waals surface area contributed by atoms with Crippen LogP contribution in [0, 0.1) is 10.1 Å². The monoisotopic (exact) mass is 225 g/mol. The third kappa shape index (κ3) is 3.12. The fourth-order valence-electron chi connectivity index (χ4n) is 1.05. The van der Waals surface area contributed by atoms with Gasteiger partial charge in [-0.25, -0.2) is 0 Å². The normalized spacial score (nSPS) is 11.1. The van der Waals surface area contributed by atoms with Gasteiger partial charge in [0, 0.05) is 12.5 Å². The number of benzene rings is 1. The average Bonchev–Trinajstić information content (AvgIpc) is 2.29. The van der Waals surface area contributed by atoms with E-state index in [0.717, 1.165) is 0 Å². The summed E-state index contributed by atoms with van der Waals surface area (Å²) in [5.41, 5.74) is 5.11. The first kappa shape index (κ1) is 11.8. The molecule has 1 aromatic carbocycles. The smallest absolute Gasteiger partial charge is 0.310 e. The zero-order valence-electron chi connectivity index (χ0n) is 8.37. The number of rotatable bonds is 5. The molecule has 0 aliphatic heterocycles. The molecule has 0 bridgehead atoms. The fourth-order valence-corrected chi connectivity index (χ4v) is 1.05. The summed E-state index contributed by atoms with van der Waals surface area (Å²) in [5, 5.41) is 21.6. The molecular weight excluding hydrogens is 214 g/mol. The van der Waals surface area contributed by atoms with Crippen LogP contribution in [0.4, 0.5) is 5.69 Å². The van der Waals surface area contributed by atoms with Crippen LogP contribution in [-0.4, -0.2) is 22.6 Å². The van der Waals surface area contributed by atoms with Gasteiger partial charge in [0.1, 0.15) is 5.84 Å². The molecule has 0 aromatic heterocycles. The molecule has 7 heteroatoms. The quantitative estimate of drug-likeness (QED) is 0.256. The minimum absolute atomic E-state index is 0.0126. The van der Waals surface area contributed by atoms with Crippen LogP contribution >= 0.6 is 0 Å². The van der Waals surface area contributed by atoms with Crippen LogP contribution in [0.2, 0.25) is 0 Å². The van der Waals surface area contributed by atoms with Gasteiger partial charge in [-0.05, 0) is 6.07 Å². The van der Waals surface area contributed by atoms with Crippen LogP contribution in [0.5, 0.6) is 5.75 Å². The summed E-state index contributed by atoms with van der Waals surface area (Å²) < 4.78 is 5.16. The molecule has 7 nitrogen and oxygen atoms in total. The van der Waals surface area contributed by atoms with Gasteiger partial charge in [-0.15, -0.1) is 0 Å². The van der Waals surface area contributed by atoms with E-state index < -0.39 is 4.92 Å². The Morgan fingerprint density at radius 1 is 1.56 bits per heavy atom. The molecule has 0 spiro atoms. The molecule has 86 valence electrons. The van der Waals surface area contributed by atoms with Gasteiger partial charge in [0.15, 0.2) is 5.75 Å². The molecule has 1 aromatic rings. The maximum atomic E-state index is 10.6. The molecule has 16 heavy (non-hydrogen) atoms. The first-order valence-corrected chi connectivity index (χ1v) is 4.47. The van der Waals surface area contributed by atoms with Crippen molar-refractivity contribution in [2.45, 2.75) is 6.42 Å². The lowest BCUT2D eigenvalue weighted by molar-refractivity contribution is -0.385. The Bertz CT molecular complexity index is 405. The van der Waals surface area contributed by atoms with Gasteiger partial charge in [0.2, 0.25) is 0 Å². The Kier molecular flexibility index (Phi) is 4.07. The third-order valence-electron chi connectivity index (χ3n) is 1.81. The lowest BCUT2D eigenvalue weighted by Crippen LogP contribution is -2.15. The molecule has 0 saturated carbocycles. The zero-order chi connectivity index (χ0) is 12.0. The van der Waals surface area contributed by atoms with Crippen molar-refractivity contribution in [2.24, 2.45) is 10.9 Å². The molecular formula is C9H11N3O4. The van der Waals surface area contributed by atoms with Gasteiger partial charge >= 0.3 is 5.69 Å². The van der Waals surface area contributed by atoms with Crippen LogP contribution in [0.1, 0.15) is 6.42 Å². The number of nitrogens with two attached hydrogens (primary N) is 1. The number of nitrogens with zero attached hydrogens (tertiary/aromatic N) is 2. The summed E-state index contributed by atoms with van der Waals surface area (Å²) in [6.07, 6.45) is 0.197. The maximum absolute atomic E-state index is 10.6. The summed E-state index contributed by atoms with van der Waals surface area (Å²) in [5.74, 6) is 0.178. The first-order valence-electron chi connectivity index (χ1n) is 4.47. The van der Waals surface area contributed by atoms with Gasteiger partial charge in [0.05, 0.1) is 11.5 Å². The van der Waals surface area contributed by atoms with Crippen LogP contribution in [-0.2, 0) is 0 Å². The van der Waals surface area contributed by atoms with Gasteiger partial charge in [-0.3, -0.25) is 10.1 Å². The van der Waals surface area contributed by atoms with E-state index in [1.165, 1.54) is 12.1 Å². The van der Waals surface area contributed by atoms with Gasteiger partial charge in [0.25, 0.3) is 0 Å². The molecule has 0 aliphatic carbocycles. The highest BCUT2D eigenvalue weighted by Crippen LogP contribution is 2.25. The molecule has 0 aliphatic rings. The van der Waals surface area contributed by atoms with Crippen molar-refractivity contribution < 1.29 is 14.9 Å². The van der Waals surface area contributed by atoms with E-state index in [9.17, 15) is 10.1 Å². The number of nitro benzene ring substituents is 1. The number of oxime groups is 1. The predicted molar refractivity (Wildman–Crippen MR) is 56.6 cm³/mol. The van der Waals surface area contributed by atoms with Crippen LogP contribution < -0.4 is 10.5 Å². The summed E-state index contributed by atoms with van der Waals surface area (Å²) in [7, 11) is 0. The van der Waals surface area contributed by atoms with Crippen molar-refractivity contribution in [2.75, 3.05) is 6.61 Å². The van der Waals surface area contributed by atoms with Crippen molar-refractivity contribution >= 4 is 11.5 Å². The highest BCUT2D eigenvalue weighted by atomic mass is 16.6. The van der Waals surface area contributed by atoms with Crippen LogP contribution in [0.15, 0.2) is 29.4 Å². The molecule has 0 saturated heterocycles. The lowest BCUT2D eigenvalue weighted by Gasteiger charge is -2.05. The van der Waals surface area contributed by atoms with E-state index in [0.29, 0.717) is 0 Å². The maximum Gasteiger partial charge on any atom is 0.310 e. The molecule has 0 atom stereocenters. The topological polar surface area (TPSA) is 111 Å². The van der Waals surface area contributed by atoms with Gasteiger partial charge in [-0.2, -0.15) is 0 Å². The van der Waals surface area contributed by atoms with Gasteiger partial charge < -0.3 is 15.7 Å². The second kappa shape index (κ2) is 5.54. The van der Waals surface area contributed by atoms with E-state index in [-0.39, 0.29) is 30.3 Å². The van der Waals surface area contributed by atoms with E-state index >= 15 is 0 Å². The number of ether oxygens (including phenoxy) is 1. The molecule has 3 N–H and O–H groups in total. The Hall–Kier alpha value is -2.31. The highest BCUT2D eigenvalue weighted by Gasteiger charge is 2.13. The predicted octanol–water partition coefficient (Wildman–Crippen LogP) is 1.11. The molecule has 0 amide bonds. The Labute approximate surface area is 91.3 Å². The van der Waals surface area contributed by atoms with Crippen molar-refractivity contribution in [3.63, 3.8) is 0 Å². The largest absolute Gasteiger partial charge is 0.486 e. The van der Waals surface area contributed by atoms with Crippen molar-refractivity contribution in [3.8, 4) is 5.75 Å². The molecule has 0 radical (unpaired) electrons. The number of hydrogen-bond acceptors (Lipinski definition) is 5. The lowest BCUT2D eigenvalue weighted by atomic mass is 10.3. The molecule has 0 unspecified atom stereocenters. The fraction of sp³-hybridized carbons (Fsp3) is 0.222. The van der Waals surface area contributed by atoms with Crippen molar-refractivity contribution in [1.29, 1.82) is 0 Å². The van der Waals surface area contributed by atoms with E-state index in [4.69, 9.17) is 15.7 Å². The van der Waals surface area contributed by atoms with E-state index in [1.54, 1.807) is 12.1 Å². The zero-order valence-corrected chi connectivity index (χ0v) is 8.37. The average molecular weight is 225 g/mol. The Balaban J connectivity index is 2.63. The minimum Gasteiger partial charge on any atom is -0.486 e. The minimum atomic E-state index is -0.529. The standard InChI is InChI=1S/C9H11N3O4/c10-9(11-13)5-6-16-8-4-2-1-3-7(8)12(14)15/h1-4,13H,5-6H2,(H2,10,11).